The lowest BCUT2D eigenvalue weighted by atomic mass is 10.1. The highest BCUT2D eigenvalue weighted by Crippen LogP contribution is 2.59. The summed E-state index contributed by atoms with van der Waals surface area (Å²) in [5, 5.41) is 9.05. The first-order valence-electron chi connectivity index (χ1n) is 6.60. The van der Waals surface area contributed by atoms with Crippen molar-refractivity contribution >= 4 is 11.9 Å². The van der Waals surface area contributed by atoms with Gasteiger partial charge in [-0.25, -0.2) is 4.89 Å². The molecule has 1 rings (SSSR count). The lowest BCUT2D eigenvalue weighted by molar-refractivity contribution is -0.441. The van der Waals surface area contributed by atoms with Gasteiger partial charge in [-0.2, -0.15) is 4.89 Å². The van der Waals surface area contributed by atoms with Crippen molar-refractivity contribution in [1.29, 1.82) is 0 Å². The van der Waals surface area contributed by atoms with E-state index in [1.54, 1.807) is 48.5 Å². The highest BCUT2D eigenvalue weighted by atomic mass is 17.2. The van der Waals surface area contributed by atoms with Gasteiger partial charge in [-0.15, -0.1) is 0 Å². The van der Waals surface area contributed by atoms with Gasteiger partial charge in [0.25, 0.3) is 0 Å². The minimum Gasteiger partial charge on any atom is -0.481 e. The first kappa shape index (κ1) is 16.9. The molecule has 0 heterocycles. The van der Waals surface area contributed by atoms with Gasteiger partial charge in [0.05, 0.1) is 17.4 Å². The van der Waals surface area contributed by atoms with E-state index in [9.17, 15) is 9.59 Å². The van der Waals surface area contributed by atoms with E-state index in [0.717, 1.165) is 0 Å². The van der Waals surface area contributed by atoms with Gasteiger partial charge in [-0.1, -0.05) is 13.8 Å². The summed E-state index contributed by atoms with van der Waals surface area (Å²) in [6, 6.07) is 0. The Hall–Kier alpha value is -1.14. The van der Waals surface area contributed by atoms with Crippen LogP contribution in [-0.2, 0) is 24.1 Å². The monoisotopic (exact) mass is 288 g/mol. The Bertz CT molecular complexity index is 404. The summed E-state index contributed by atoms with van der Waals surface area (Å²) in [4.78, 5) is 33.3. The van der Waals surface area contributed by atoms with Crippen LogP contribution in [0.4, 0.5) is 0 Å². The van der Waals surface area contributed by atoms with Crippen molar-refractivity contribution in [1.82, 2.24) is 0 Å². The van der Waals surface area contributed by atoms with E-state index in [-0.39, 0.29) is 0 Å². The largest absolute Gasteiger partial charge is 0.481 e. The Kier molecular flexibility index (Phi) is 4.23. The van der Waals surface area contributed by atoms with Crippen molar-refractivity contribution in [3.05, 3.63) is 0 Å². The molecule has 2 atom stereocenters. The number of ether oxygens (including phenoxy) is 1. The third kappa shape index (κ3) is 3.93. The maximum absolute atomic E-state index is 12.1. The maximum Gasteiger partial charge on any atom is 0.312 e. The molecule has 0 bridgehead atoms. The van der Waals surface area contributed by atoms with Gasteiger partial charge in [0.15, 0.2) is 0 Å². The molecule has 2 unspecified atom stereocenters. The third-order valence-corrected chi connectivity index (χ3v) is 3.19. The smallest absolute Gasteiger partial charge is 0.312 e. The first-order chi connectivity index (χ1) is 8.78. The predicted molar refractivity (Wildman–Crippen MR) is 70.5 cm³/mol. The lowest BCUT2D eigenvalue weighted by Gasteiger charge is -2.28. The highest BCUT2D eigenvalue weighted by molar-refractivity contribution is 5.88. The average molecular weight is 288 g/mol. The number of carboxylic acid groups (broad SMARTS) is 1. The van der Waals surface area contributed by atoms with Crippen LogP contribution in [0.1, 0.15) is 48.5 Å². The van der Waals surface area contributed by atoms with Crippen LogP contribution in [0.5, 0.6) is 0 Å². The van der Waals surface area contributed by atoms with E-state index in [1.807, 2.05) is 0 Å². The molecule has 0 aromatic heterocycles. The number of esters is 1. The predicted octanol–water partition coefficient (Wildman–Crippen LogP) is 2.37. The minimum atomic E-state index is -1.27. The Labute approximate surface area is 119 Å². The SMILES string of the molecule is CC(C)(C)OOC(C)(C)OC(=O)C1C(C(=O)O)C1(C)C. The zero-order chi connectivity index (χ0) is 15.9. The van der Waals surface area contributed by atoms with Gasteiger partial charge in [0, 0.05) is 13.8 Å². The number of carbonyl (C=O) groups is 2. The molecule has 0 aromatic carbocycles. The van der Waals surface area contributed by atoms with Crippen LogP contribution >= 0.6 is 0 Å². The van der Waals surface area contributed by atoms with Crippen LogP contribution in [0.2, 0.25) is 0 Å². The molecular weight excluding hydrogens is 264 g/mol. The van der Waals surface area contributed by atoms with E-state index in [4.69, 9.17) is 19.6 Å². The van der Waals surface area contributed by atoms with Gasteiger partial charge >= 0.3 is 11.9 Å². The average Bonchev–Trinajstić information content (AvgIpc) is 2.77. The topological polar surface area (TPSA) is 82.1 Å². The number of carbonyl (C=O) groups excluding carboxylic acids is 1. The molecule has 1 saturated carbocycles. The molecular formula is C14H24O6. The van der Waals surface area contributed by atoms with Crippen molar-refractivity contribution in [2.75, 3.05) is 0 Å². The zero-order valence-corrected chi connectivity index (χ0v) is 13.1. The molecule has 1 fully saturated rings. The van der Waals surface area contributed by atoms with Crippen molar-refractivity contribution in [2.45, 2.75) is 59.9 Å². The lowest BCUT2D eigenvalue weighted by Crippen LogP contribution is -2.36. The normalized spacial score (nSPS) is 25.1. The number of aliphatic carboxylic acids is 1. The molecule has 6 heteroatoms. The quantitative estimate of drug-likeness (QED) is 0.362. The van der Waals surface area contributed by atoms with E-state index in [1.165, 1.54) is 0 Å². The fourth-order valence-electron chi connectivity index (χ4n) is 2.09. The Morgan fingerprint density at radius 2 is 1.50 bits per heavy atom. The molecule has 6 nitrogen and oxygen atoms in total. The van der Waals surface area contributed by atoms with E-state index < -0.39 is 40.6 Å². The van der Waals surface area contributed by atoms with Crippen molar-refractivity contribution in [3.8, 4) is 0 Å². The first-order valence-corrected chi connectivity index (χ1v) is 6.60. The highest BCUT2D eigenvalue weighted by Gasteiger charge is 2.67. The molecule has 0 spiro atoms. The molecule has 1 aliphatic carbocycles. The second-order valence-corrected chi connectivity index (χ2v) is 7.21. The van der Waals surface area contributed by atoms with E-state index >= 15 is 0 Å². The van der Waals surface area contributed by atoms with Crippen molar-refractivity contribution < 1.29 is 29.2 Å². The van der Waals surface area contributed by atoms with Gasteiger partial charge in [-0.3, -0.25) is 9.59 Å². The summed E-state index contributed by atoms with van der Waals surface area (Å²) in [5.41, 5.74) is -1.13. The van der Waals surface area contributed by atoms with Gasteiger partial charge in [0.2, 0.25) is 5.79 Å². The van der Waals surface area contributed by atoms with Gasteiger partial charge in [0.1, 0.15) is 0 Å². The molecule has 0 aromatic rings. The van der Waals surface area contributed by atoms with E-state index in [0.29, 0.717) is 0 Å². The van der Waals surface area contributed by atoms with E-state index in [2.05, 4.69) is 0 Å². The van der Waals surface area contributed by atoms with Crippen LogP contribution in [0.3, 0.4) is 0 Å². The van der Waals surface area contributed by atoms with Crippen LogP contribution in [0, 0.1) is 17.3 Å². The number of carboxylic acids is 1. The minimum absolute atomic E-state index is 0.536. The Balaban J connectivity index is 2.61. The van der Waals surface area contributed by atoms with Gasteiger partial charge < -0.3 is 9.84 Å². The number of hydrogen-bond acceptors (Lipinski definition) is 5. The van der Waals surface area contributed by atoms with Gasteiger partial charge in [-0.05, 0) is 26.2 Å². The fraction of sp³-hybridized carbons (Fsp3) is 0.857. The summed E-state index contributed by atoms with van der Waals surface area (Å²) in [6.07, 6.45) is 0. The van der Waals surface area contributed by atoms with Crippen LogP contribution in [-0.4, -0.2) is 28.4 Å². The molecule has 0 aliphatic heterocycles. The van der Waals surface area contributed by atoms with Crippen molar-refractivity contribution in [2.24, 2.45) is 17.3 Å². The van der Waals surface area contributed by atoms with Crippen LogP contribution < -0.4 is 0 Å². The molecule has 0 saturated heterocycles. The zero-order valence-electron chi connectivity index (χ0n) is 13.1. The van der Waals surface area contributed by atoms with Crippen LogP contribution in [0.15, 0.2) is 0 Å². The number of rotatable bonds is 5. The summed E-state index contributed by atoms with van der Waals surface area (Å²) < 4.78 is 5.22. The number of hydrogen-bond donors (Lipinski definition) is 1. The summed E-state index contributed by atoms with van der Waals surface area (Å²) in [6.45, 7) is 12.0. The molecule has 1 N–H and O–H groups in total. The molecule has 0 radical (unpaired) electrons. The van der Waals surface area contributed by atoms with Crippen molar-refractivity contribution in [3.63, 3.8) is 0 Å². The maximum atomic E-state index is 12.1. The third-order valence-electron chi connectivity index (χ3n) is 3.19. The Morgan fingerprint density at radius 1 is 1.00 bits per heavy atom. The molecule has 20 heavy (non-hydrogen) atoms. The summed E-state index contributed by atoms with van der Waals surface area (Å²) in [5.74, 6) is -4.20. The summed E-state index contributed by atoms with van der Waals surface area (Å²) in [7, 11) is 0. The standard InChI is InChI=1S/C14H24O6/c1-12(2,3)19-20-14(6,7)18-11(17)9-8(10(15)16)13(9,4)5/h8-9H,1-7H3,(H,15,16). The molecule has 0 amide bonds. The molecule has 116 valence electrons. The second-order valence-electron chi connectivity index (χ2n) is 7.21. The summed E-state index contributed by atoms with van der Waals surface area (Å²) >= 11 is 0. The second kappa shape index (κ2) is 5.00. The van der Waals surface area contributed by atoms with Crippen LogP contribution in [0.25, 0.3) is 0 Å². The fourth-order valence-corrected chi connectivity index (χ4v) is 2.09. The molecule has 1 aliphatic rings. The Morgan fingerprint density at radius 3 is 1.85 bits per heavy atom.